The Kier molecular flexibility index (Phi) is 5.99. The minimum atomic E-state index is -3.89. The number of anilines is 1. The molecule has 0 saturated carbocycles. The molecule has 1 saturated heterocycles. The van der Waals surface area contributed by atoms with Crippen molar-refractivity contribution in [3.05, 3.63) is 56.2 Å². The van der Waals surface area contributed by atoms with E-state index in [2.05, 4.69) is 15.9 Å². The fourth-order valence-electron chi connectivity index (χ4n) is 2.96. The van der Waals surface area contributed by atoms with Crippen molar-refractivity contribution >= 4 is 54.8 Å². The normalized spacial score (nSPS) is 15.6. The zero-order valence-electron chi connectivity index (χ0n) is 13.8. The Morgan fingerprint density at radius 1 is 1.11 bits per heavy atom. The molecule has 5 nitrogen and oxygen atoms in total. The molecule has 0 N–H and O–H groups in total. The van der Waals surface area contributed by atoms with Gasteiger partial charge in [-0.2, -0.15) is 9.57 Å². The summed E-state index contributed by atoms with van der Waals surface area (Å²) in [6, 6.07) is 9.20. The quantitative estimate of drug-likeness (QED) is 0.641. The number of nitriles is 1. The monoisotopic (exact) mass is 491 g/mol. The van der Waals surface area contributed by atoms with Crippen LogP contribution in [-0.4, -0.2) is 38.9 Å². The van der Waals surface area contributed by atoms with Gasteiger partial charge in [0.2, 0.25) is 10.0 Å². The number of hydrogen-bond acceptors (Lipinski definition) is 4. The number of halogens is 4. The Morgan fingerprint density at radius 2 is 1.70 bits per heavy atom. The number of sulfonamides is 1. The molecule has 0 atom stereocenters. The fraction of sp³-hybridized carbons (Fsp3) is 0.235. The molecule has 0 amide bonds. The zero-order valence-corrected chi connectivity index (χ0v) is 17.7. The first kappa shape index (κ1) is 20.4. The van der Waals surface area contributed by atoms with Gasteiger partial charge in [-0.3, -0.25) is 0 Å². The van der Waals surface area contributed by atoms with E-state index in [0.29, 0.717) is 23.2 Å². The van der Waals surface area contributed by atoms with Gasteiger partial charge in [0.15, 0.2) is 0 Å². The molecule has 2 aromatic rings. The van der Waals surface area contributed by atoms with Gasteiger partial charge in [0.05, 0.1) is 15.7 Å². The third-order valence-electron chi connectivity index (χ3n) is 4.24. The van der Waals surface area contributed by atoms with Crippen LogP contribution in [0.1, 0.15) is 5.56 Å². The molecule has 1 aliphatic heterocycles. The average molecular weight is 493 g/mol. The smallest absolute Gasteiger partial charge is 0.246 e. The third kappa shape index (κ3) is 3.93. The maximum absolute atomic E-state index is 13.8. The van der Waals surface area contributed by atoms with Crippen molar-refractivity contribution in [3.8, 4) is 6.07 Å². The molecule has 27 heavy (non-hydrogen) atoms. The van der Waals surface area contributed by atoms with E-state index in [1.54, 1.807) is 11.0 Å². The molecular formula is C17H13BrCl2FN3O2S. The molecular weight excluding hydrogens is 480 g/mol. The van der Waals surface area contributed by atoms with Crippen LogP contribution in [-0.2, 0) is 10.0 Å². The van der Waals surface area contributed by atoms with E-state index < -0.39 is 15.8 Å². The predicted octanol–water partition coefficient (Wildman–Crippen LogP) is 4.28. The Balaban J connectivity index is 1.84. The van der Waals surface area contributed by atoms with Crippen LogP contribution < -0.4 is 4.90 Å². The molecule has 1 heterocycles. The van der Waals surface area contributed by atoms with Crippen LogP contribution in [0, 0.1) is 17.1 Å². The fourth-order valence-corrected chi connectivity index (χ4v) is 6.27. The van der Waals surface area contributed by atoms with Gasteiger partial charge in [-0.15, -0.1) is 0 Å². The predicted molar refractivity (Wildman–Crippen MR) is 106 cm³/mol. The van der Waals surface area contributed by atoms with E-state index in [4.69, 9.17) is 23.2 Å². The van der Waals surface area contributed by atoms with Crippen LogP contribution in [0.5, 0.6) is 0 Å². The van der Waals surface area contributed by atoms with Gasteiger partial charge >= 0.3 is 0 Å². The second-order valence-corrected chi connectivity index (χ2v) is 9.44. The summed E-state index contributed by atoms with van der Waals surface area (Å²) in [5.74, 6) is -0.599. The second kappa shape index (κ2) is 7.94. The van der Waals surface area contributed by atoms with Crippen molar-refractivity contribution in [1.82, 2.24) is 4.31 Å². The molecule has 142 valence electrons. The molecule has 3 rings (SSSR count). The van der Waals surface area contributed by atoms with E-state index in [1.807, 2.05) is 6.07 Å². The van der Waals surface area contributed by atoms with Gasteiger partial charge < -0.3 is 4.90 Å². The first-order valence-corrected chi connectivity index (χ1v) is 10.8. The van der Waals surface area contributed by atoms with Gasteiger partial charge in [-0.1, -0.05) is 45.2 Å². The van der Waals surface area contributed by atoms with Crippen molar-refractivity contribution in [2.45, 2.75) is 4.90 Å². The Bertz CT molecular complexity index is 1010. The summed E-state index contributed by atoms with van der Waals surface area (Å²) in [6.07, 6.45) is 0. The standard InChI is InChI=1S/C17H13BrCl2FN3O2S/c18-11-8-13(19)17(14(20)9-11)27(25,26)24-6-4-23(5-7-24)16-3-1-2-15(21)12(16)10-22/h1-3,8-9H,4-7H2. The summed E-state index contributed by atoms with van der Waals surface area (Å²) in [5, 5.41) is 9.26. The summed E-state index contributed by atoms with van der Waals surface area (Å²) in [7, 11) is -3.89. The van der Waals surface area contributed by atoms with Crippen molar-refractivity contribution in [2.75, 3.05) is 31.1 Å². The van der Waals surface area contributed by atoms with E-state index in [0.717, 1.165) is 0 Å². The molecule has 0 radical (unpaired) electrons. The van der Waals surface area contributed by atoms with Gasteiger partial charge in [0.1, 0.15) is 22.3 Å². The molecule has 1 aliphatic rings. The van der Waals surface area contributed by atoms with Crippen LogP contribution in [0.2, 0.25) is 10.0 Å². The van der Waals surface area contributed by atoms with Crippen LogP contribution in [0.25, 0.3) is 0 Å². The second-order valence-electron chi connectivity index (χ2n) is 5.84. The Labute approximate surface area is 175 Å². The average Bonchev–Trinajstić information content (AvgIpc) is 2.60. The van der Waals surface area contributed by atoms with Crippen molar-refractivity contribution < 1.29 is 12.8 Å². The van der Waals surface area contributed by atoms with Gasteiger partial charge in [0, 0.05) is 30.7 Å². The van der Waals surface area contributed by atoms with Gasteiger partial charge in [0.25, 0.3) is 0 Å². The highest BCUT2D eigenvalue weighted by atomic mass is 79.9. The summed E-state index contributed by atoms with van der Waals surface area (Å²) in [6.45, 7) is 0.936. The molecule has 0 aliphatic carbocycles. The summed E-state index contributed by atoms with van der Waals surface area (Å²) >= 11 is 15.4. The molecule has 0 spiro atoms. The first-order chi connectivity index (χ1) is 12.8. The van der Waals surface area contributed by atoms with Crippen LogP contribution in [0.4, 0.5) is 10.1 Å². The third-order valence-corrected chi connectivity index (χ3v) is 7.52. The highest BCUT2D eigenvalue weighted by molar-refractivity contribution is 9.10. The minimum Gasteiger partial charge on any atom is -0.368 e. The SMILES string of the molecule is N#Cc1c(F)cccc1N1CCN(S(=O)(=O)c2c(Cl)cc(Br)cc2Cl)CC1. The molecule has 0 aromatic heterocycles. The topological polar surface area (TPSA) is 64.4 Å². The maximum Gasteiger partial charge on any atom is 0.246 e. The Hall–Kier alpha value is -1.37. The van der Waals surface area contributed by atoms with Crippen molar-refractivity contribution in [2.24, 2.45) is 0 Å². The summed E-state index contributed by atoms with van der Waals surface area (Å²) < 4.78 is 41.6. The number of piperazine rings is 1. The highest BCUT2D eigenvalue weighted by Gasteiger charge is 2.32. The van der Waals surface area contributed by atoms with Crippen LogP contribution in [0.3, 0.4) is 0 Å². The lowest BCUT2D eigenvalue weighted by molar-refractivity contribution is 0.384. The van der Waals surface area contributed by atoms with Crippen LogP contribution >= 0.6 is 39.1 Å². The molecule has 0 bridgehead atoms. The lowest BCUT2D eigenvalue weighted by atomic mass is 10.1. The van der Waals surface area contributed by atoms with Crippen molar-refractivity contribution in [3.63, 3.8) is 0 Å². The van der Waals surface area contributed by atoms with E-state index >= 15 is 0 Å². The molecule has 0 unspecified atom stereocenters. The van der Waals surface area contributed by atoms with Crippen LogP contribution in [0.15, 0.2) is 39.7 Å². The summed E-state index contributed by atoms with van der Waals surface area (Å²) in [5.41, 5.74) is 0.405. The number of benzene rings is 2. The maximum atomic E-state index is 13.8. The van der Waals surface area contributed by atoms with E-state index in [1.165, 1.54) is 28.6 Å². The minimum absolute atomic E-state index is 0.0358. The zero-order chi connectivity index (χ0) is 19.8. The first-order valence-electron chi connectivity index (χ1n) is 7.84. The Morgan fingerprint density at radius 3 is 2.26 bits per heavy atom. The van der Waals surface area contributed by atoms with E-state index in [-0.39, 0.29) is 33.6 Å². The van der Waals surface area contributed by atoms with Gasteiger partial charge in [-0.05, 0) is 24.3 Å². The lowest BCUT2D eigenvalue weighted by Gasteiger charge is -2.36. The lowest BCUT2D eigenvalue weighted by Crippen LogP contribution is -2.49. The van der Waals surface area contributed by atoms with Crippen molar-refractivity contribution in [1.29, 1.82) is 5.26 Å². The van der Waals surface area contributed by atoms with Gasteiger partial charge in [-0.25, -0.2) is 12.8 Å². The largest absolute Gasteiger partial charge is 0.368 e. The highest BCUT2D eigenvalue weighted by Crippen LogP contribution is 2.35. The number of nitrogens with zero attached hydrogens (tertiary/aromatic N) is 3. The number of rotatable bonds is 3. The molecule has 2 aromatic carbocycles. The summed E-state index contributed by atoms with van der Waals surface area (Å²) in [4.78, 5) is 1.66. The molecule has 10 heteroatoms. The molecule has 1 fully saturated rings. The number of hydrogen-bond donors (Lipinski definition) is 0. The van der Waals surface area contributed by atoms with E-state index in [9.17, 15) is 18.1 Å².